The molecule has 2 heterocycles. The molecule has 0 aliphatic carbocycles. The highest BCUT2D eigenvalue weighted by molar-refractivity contribution is 6.05. The van der Waals surface area contributed by atoms with E-state index >= 15 is 0 Å². The fourth-order valence-electron chi connectivity index (χ4n) is 1.27. The lowest BCUT2D eigenvalue weighted by Gasteiger charge is -2.05. The molecule has 0 amide bonds. The minimum absolute atomic E-state index is 0.227. The first kappa shape index (κ1) is 9.32. The Bertz CT molecular complexity index is 527. The minimum Gasteiger partial charge on any atom is -0.465 e. The standard InChI is InChI=1S/C9H8N4O2/c1-15-9(14)7-5(10)2-12-6-3-11-4-13-8(6)7/h2-4H,10H2,1H3. The Hall–Kier alpha value is -2.24. The van der Waals surface area contributed by atoms with Gasteiger partial charge in [-0.15, -0.1) is 0 Å². The van der Waals surface area contributed by atoms with Crippen LogP contribution in [0, 0.1) is 0 Å². The van der Waals surface area contributed by atoms with E-state index in [-0.39, 0.29) is 11.3 Å². The van der Waals surface area contributed by atoms with Crippen molar-refractivity contribution < 1.29 is 9.53 Å². The van der Waals surface area contributed by atoms with E-state index in [1.54, 1.807) is 0 Å². The van der Waals surface area contributed by atoms with Crippen molar-refractivity contribution in [3.8, 4) is 0 Å². The molecule has 0 unspecified atom stereocenters. The van der Waals surface area contributed by atoms with Crippen LogP contribution in [-0.2, 0) is 4.74 Å². The molecule has 2 N–H and O–H groups in total. The first-order valence-electron chi connectivity index (χ1n) is 4.16. The molecule has 2 aromatic heterocycles. The predicted molar refractivity (Wildman–Crippen MR) is 53.1 cm³/mol. The zero-order chi connectivity index (χ0) is 10.8. The average molecular weight is 204 g/mol. The van der Waals surface area contributed by atoms with Crippen molar-refractivity contribution in [2.75, 3.05) is 12.8 Å². The molecule has 0 radical (unpaired) electrons. The molecule has 2 rings (SSSR count). The van der Waals surface area contributed by atoms with Crippen LogP contribution in [0.2, 0.25) is 0 Å². The third-order valence-electron chi connectivity index (χ3n) is 1.95. The minimum atomic E-state index is -0.529. The van der Waals surface area contributed by atoms with Crippen LogP contribution in [0.3, 0.4) is 0 Å². The summed E-state index contributed by atoms with van der Waals surface area (Å²) < 4.78 is 4.62. The summed E-state index contributed by atoms with van der Waals surface area (Å²) in [4.78, 5) is 23.2. The Labute approximate surface area is 85.1 Å². The van der Waals surface area contributed by atoms with Gasteiger partial charge in [0, 0.05) is 0 Å². The Kier molecular flexibility index (Phi) is 2.17. The van der Waals surface area contributed by atoms with Crippen molar-refractivity contribution >= 4 is 22.7 Å². The van der Waals surface area contributed by atoms with E-state index < -0.39 is 5.97 Å². The van der Waals surface area contributed by atoms with E-state index in [1.807, 2.05) is 0 Å². The van der Waals surface area contributed by atoms with Gasteiger partial charge in [0.05, 0.1) is 25.2 Å². The molecule has 0 fully saturated rings. The van der Waals surface area contributed by atoms with Gasteiger partial charge in [-0.3, -0.25) is 4.98 Å². The Morgan fingerprint density at radius 3 is 2.93 bits per heavy atom. The van der Waals surface area contributed by atoms with Crippen LogP contribution in [0.25, 0.3) is 11.0 Å². The maximum absolute atomic E-state index is 11.5. The van der Waals surface area contributed by atoms with Gasteiger partial charge in [0.1, 0.15) is 22.9 Å². The smallest absolute Gasteiger partial charge is 0.342 e. The van der Waals surface area contributed by atoms with Crippen LogP contribution in [0.5, 0.6) is 0 Å². The second-order valence-corrected chi connectivity index (χ2v) is 2.84. The van der Waals surface area contributed by atoms with Crippen LogP contribution < -0.4 is 5.73 Å². The van der Waals surface area contributed by atoms with E-state index in [0.29, 0.717) is 11.0 Å². The van der Waals surface area contributed by atoms with Crippen LogP contribution in [-0.4, -0.2) is 28.0 Å². The quantitative estimate of drug-likeness (QED) is 0.676. The molecule has 0 spiro atoms. The highest BCUT2D eigenvalue weighted by Crippen LogP contribution is 2.19. The maximum Gasteiger partial charge on any atom is 0.342 e. The van der Waals surface area contributed by atoms with Crippen LogP contribution >= 0.6 is 0 Å². The maximum atomic E-state index is 11.5. The van der Waals surface area contributed by atoms with Crippen molar-refractivity contribution in [1.29, 1.82) is 0 Å². The summed E-state index contributed by atoms with van der Waals surface area (Å²) in [5.74, 6) is -0.529. The fraction of sp³-hybridized carbons (Fsp3) is 0.111. The zero-order valence-corrected chi connectivity index (χ0v) is 7.97. The third kappa shape index (κ3) is 1.45. The Morgan fingerprint density at radius 1 is 1.40 bits per heavy atom. The summed E-state index contributed by atoms with van der Waals surface area (Å²) in [6, 6.07) is 0. The van der Waals surface area contributed by atoms with E-state index in [0.717, 1.165) is 0 Å². The Morgan fingerprint density at radius 2 is 2.20 bits per heavy atom. The van der Waals surface area contributed by atoms with Gasteiger partial charge in [0.15, 0.2) is 0 Å². The predicted octanol–water partition coefficient (Wildman–Crippen LogP) is 0.394. The lowest BCUT2D eigenvalue weighted by Crippen LogP contribution is -2.08. The number of methoxy groups -OCH3 is 1. The van der Waals surface area contributed by atoms with Crippen molar-refractivity contribution in [3.05, 3.63) is 24.3 Å². The highest BCUT2D eigenvalue weighted by atomic mass is 16.5. The number of nitrogens with zero attached hydrogens (tertiary/aromatic N) is 3. The normalized spacial score (nSPS) is 10.2. The molecular weight excluding hydrogens is 196 g/mol. The van der Waals surface area contributed by atoms with E-state index in [9.17, 15) is 4.79 Å². The average Bonchev–Trinajstić information content (AvgIpc) is 2.28. The molecule has 15 heavy (non-hydrogen) atoms. The van der Waals surface area contributed by atoms with E-state index in [1.165, 1.54) is 25.8 Å². The number of aromatic nitrogens is 3. The van der Waals surface area contributed by atoms with Gasteiger partial charge in [0.25, 0.3) is 0 Å². The second kappa shape index (κ2) is 3.49. The van der Waals surface area contributed by atoms with Crippen molar-refractivity contribution in [2.24, 2.45) is 0 Å². The van der Waals surface area contributed by atoms with Gasteiger partial charge in [-0.2, -0.15) is 0 Å². The Balaban J connectivity index is 2.79. The number of anilines is 1. The summed E-state index contributed by atoms with van der Waals surface area (Å²) in [6.07, 6.45) is 4.22. The number of carbonyl (C=O) groups is 1. The molecule has 6 nitrogen and oxygen atoms in total. The molecule has 0 aliphatic rings. The largest absolute Gasteiger partial charge is 0.465 e. The number of pyridine rings is 1. The van der Waals surface area contributed by atoms with Crippen LogP contribution in [0.4, 0.5) is 5.69 Å². The zero-order valence-electron chi connectivity index (χ0n) is 7.97. The number of hydrogen-bond donors (Lipinski definition) is 1. The first-order chi connectivity index (χ1) is 7.24. The molecule has 6 heteroatoms. The molecule has 0 aromatic carbocycles. The van der Waals surface area contributed by atoms with Crippen molar-refractivity contribution in [1.82, 2.24) is 15.0 Å². The highest BCUT2D eigenvalue weighted by Gasteiger charge is 2.16. The number of rotatable bonds is 1. The topological polar surface area (TPSA) is 91.0 Å². The van der Waals surface area contributed by atoms with Crippen LogP contribution in [0.15, 0.2) is 18.7 Å². The SMILES string of the molecule is COC(=O)c1c(N)cnc2cncnc12. The molecule has 0 atom stereocenters. The third-order valence-corrected chi connectivity index (χ3v) is 1.95. The molecule has 0 bridgehead atoms. The number of fused-ring (bicyclic) bond motifs is 1. The molecule has 76 valence electrons. The van der Waals surface area contributed by atoms with Gasteiger partial charge in [-0.05, 0) is 0 Å². The van der Waals surface area contributed by atoms with Gasteiger partial charge < -0.3 is 10.5 Å². The summed E-state index contributed by atoms with van der Waals surface area (Å²) in [5, 5.41) is 0. The van der Waals surface area contributed by atoms with Gasteiger partial charge in [0.2, 0.25) is 0 Å². The molecule has 2 aromatic rings. The van der Waals surface area contributed by atoms with Crippen molar-refractivity contribution in [3.63, 3.8) is 0 Å². The number of hydrogen-bond acceptors (Lipinski definition) is 6. The second-order valence-electron chi connectivity index (χ2n) is 2.84. The molecule has 0 saturated heterocycles. The van der Waals surface area contributed by atoms with E-state index in [2.05, 4.69) is 19.7 Å². The number of esters is 1. The fourth-order valence-corrected chi connectivity index (χ4v) is 1.27. The lowest BCUT2D eigenvalue weighted by molar-refractivity contribution is 0.0604. The van der Waals surface area contributed by atoms with Crippen molar-refractivity contribution in [2.45, 2.75) is 0 Å². The number of ether oxygens (including phenoxy) is 1. The monoisotopic (exact) mass is 204 g/mol. The van der Waals surface area contributed by atoms with Crippen LogP contribution in [0.1, 0.15) is 10.4 Å². The molecular formula is C9H8N4O2. The summed E-state index contributed by atoms with van der Waals surface area (Å²) in [7, 11) is 1.29. The van der Waals surface area contributed by atoms with Gasteiger partial charge in [-0.1, -0.05) is 0 Å². The molecule has 0 aliphatic heterocycles. The van der Waals surface area contributed by atoms with E-state index in [4.69, 9.17) is 5.73 Å². The summed E-state index contributed by atoms with van der Waals surface area (Å²) in [5.41, 5.74) is 7.02. The first-order valence-corrected chi connectivity index (χ1v) is 4.16. The number of nitrogens with two attached hydrogens (primary N) is 1. The number of carbonyl (C=O) groups excluding carboxylic acids is 1. The lowest BCUT2D eigenvalue weighted by atomic mass is 10.2. The van der Waals surface area contributed by atoms with Gasteiger partial charge in [-0.25, -0.2) is 14.8 Å². The number of nitrogen functional groups attached to an aromatic ring is 1. The molecule has 0 saturated carbocycles. The summed E-state index contributed by atoms with van der Waals surface area (Å²) >= 11 is 0. The van der Waals surface area contributed by atoms with Gasteiger partial charge >= 0.3 is 5.97 Å². The summed E-state index contributed by atoms with van der Waals surface area (Å²) in [6.45, 7) is 0.